The van der Waals surface area contributed by atoms with Crippen LogP contribution in [0.15, 0.2) is 179 Å². The van der Waals surface area contributed by atoms with E-state index in [1.54, 1.807) is 0 Å². The molecule has 2 aromatic heterocycles. The van der Waals surface area contributed by atoms with Crippen LogP contribution in [-0.4, -0.2) is 9.97 Å². The molecular weight excluding hydrogens is 737 g/mol. The van der Waals surface area contributed by atoms with E-state index in [4.69, 9.17) is 18.8 Å². The smallest absolute Gasteiger partial charge is 0.228 e. The lowest BCUT2D eigenvalue weighted by Gasteiger charge is -2.42. The highest BCUT2D eigenvalue weighted by molar-refractivity contribution is 6.09. The molecule has 4 heterocycles. The first-order chi connectivity index (χ1) is 29.3. The molecule has 12 rings (SSSR count). The van der Waals surface area contributed by atoms with Crippen molar-refractivity contribution in [3.8, 4) is 22.9 Å². The fraction of sp³-hybridized carbons (Fsp3) is 0.111. The molecule has 0 amide bonds. The van der Waals surface area contributed by atoms with Gasteiger partial charge in [0.25, 0.3) is 0 Å². The van der Waals surface area contributed by atoms with Gasteiger partial charge in [-0.1, -0.05) is 125 Å². The van der Waals surface area contributed by atoms with Crippen LogP contribution in [0.25, 0.3) is 55.9 Å². The molecule has 0 aliphatic carbocycles. The Hall–Kier alpha value is -7.44. The van der Waals surface area contributed by atoms with Crippen LogP contribution in [0.3, 0.4) is 0 Å². The summed E-state index contributed by atoms with van der Waals surface area (Å²) in [5.74, 6) is 1.09. The quantitative estimate of drug-likeness (QED) is 0.177. The van der Waals surface area contributed by atoms with Crippen molar-refractivity contribution in [3.63, 3.8) is 0 Å². The average Bonchev–Trinajstić information content (AvgIpc) is 3.91. The van der Waals surface area contributed by atoms with Crippen molar-refractivity contribution >= 4 is 67.1 Å². The minimum absolute atomic E-state index is 0.211. The van der Waals surface area contributed by atoms with E-state index in [0.29, 0.717) is 11.8 Å². The first-order valence-corrected chi connectivity index (χ1v) is 20.6. The number of rotatable bonds is 4. The predicted molar refractivity (Wildman–Crippen MR) is 244 cm³/mol. The number of aromatic nitrogens is 2. The van der Waals surface area contributed by atoms with Crippen LogP contribution in [-0.2, 0) is 10.8 Å². The van der Waals surface area contributed by atoms with Crippen LogP contribution >= 0.6 is 0 Å². The van der Waals surface area contributed by atoms with Gasteiger partial charge in [0, 0.05) is 33.3 Å². The molecule has 0 bridgehead atoms. The number of anilines is 6. The second-order valence-corrected chi connectivity index (χ2v) is 17.0. The van der Waals surface area contributed by atoms with Gasteiger partial charge < -0.3 is 18.6 Å². The van der Waals surface area contributed by atoms with Gasteiger partial charge in [0.15, 0.2) is 11.2 Å². The number of oxazole rings is 2. The van der Waals surface area contributed by atoms with Crippen LogP contribution < -0.4 is 9.80 Å². The highest BCUT2D eigenvalue weighted by atomic mass is 16.4. The van der Waals surface area contributed by atoms with Gasteiger partial charge >= 0.3 is 0 Å². The van der Waals surface area contributed by atoms with Crippen molar-refractivity contribution in [1.29, 1.82) is 0 Å². The molecule has 0 fully saturated rings. The van der Waals surface area contributed by atoms with Crippen molar-refractivity contribution in [2.45, 2.75) is 38.5 Å². The molecular formula is C54H40N4O2. The lowest BCUT2D eigenvalue weighted by atomic mass is 9.73. The zero-order valence-corrected chi connectivity index (χ0v) is 33.8. The van der Waals surface area contributed by atoms with Gasteiger partial charge in [-0.05, 0) is 106 Å². The van der Waals surface area contributed by atoms with Gasteiger partial charge in [0.05, 0.1) is 22.7 Å². The molecule has 2 aliphatic heterocycles. The maximum atomic E-state index is 6.71. The van der Waals surface area contributed by atoms with Crippen molar-refractivity contribution in [3.05, 3.63) is 192 Å². The summed E-state index contributed by atoms with van der Waals surface area (Å²) < 4.78 is 13.4. The molecule has 0 saturated carbocycles. The fourth-order valence-electron chi connectivity index (χ4n) is 9.91. The zero-order chi connectivity index (χ0) is 40.3. The van der Waals surface area contributed by atoms with Crippen molar-refractivity contribution < 1.29 is 8.83 Å². The van der Waals surface area contributed by atoms with Gasteiger partial charge in [-0.15, -0.1) is 0 Å². The summed E-state index contributed by atoms with van der Waals surface area (Å²) in [5, 5.41) is 1.94. The molecule has 8 aromatic carbocycles. The molecule has 0 atom stereocenters. The largest absolute Gasteiger partial charge is 0.436 e. The maximum Gasteiger partial charge on any atom is 0.228 e. The van der Waals surface area contributed by atoms with Crippen LogP contribution in [0.5, 0.6) is 0 Å². The molecule has 2 aliphatic rings. The molecule has 288 valence electrons. The third kappa shape index (κ3) is 4.94. The summed E-state index contributed by atoms with van der Waals surface area (Å²) in [6, 6.07) is 60.1. The minimum Gasteiger partial charge on any atom is -0.436 e. The predicted octanol–water partition coefficient (Wildman–Crippen LogP) is 14.7. The Morgan fingerprint density at radius 1 is 0.383 bits per heavy atom. The number of benzene rings is 8. The molecule has 0 radical (unpaired) electrons. The molecule has 10 aromatic rings. The Morgan fingerprint density at radius 2 is 0.700 bits per heavy atom. The SMILES string of the molecule is CC1(C)c2ccccc2N(c2cc(-c3nc4ccccc4o3)c3cc(N4c5ccccc5C(C)(C)c5ccccc54)cc(-c4nc5ccccc5o4)c3c2)c2ccccc21. The van der Waals surface area contributed by atoms with E-state index in [2.05, 4.69) is 159 Å². The van der Waals surface area contributed by atoms with Gasteiger partial charge in [-0.2, -0.15) is 0 Å². The minimum atomic E-state index is -0.211. The number of para-hydroxylation sites is 8. The zero-order valence-electron chi connectivity index (χ0n) is 33.8. The van der Waals surface area contributed by atoms with E-state index in [1.807, 2.05) is 48.5 Å². The number of nitrogens with zero attached hydrogens (tertiary/aromatic N) is 4. The number of hydrogen-bond acceptors (Lipinski definition) is 6. The van der Waals surface area contributed by atoms with E-state index in [9.17, 15) is 0 Å². The first kappa shape index (κ1) is 34.6. The third-order valence-electron chi connectivity index (χ3n) is 12.9. The topological polar surface area (TPSA) is 58.5 Å². The summed E-state index contributed by atoms with van der Waals surface area (Å²) in [7, 11) is 0. The third-order valence-corrected chi connectivity index (χ3v) is 12.9. The number of fused-ring (bicyclic) bond motifs is 7. The van der Waals surface area contributed by atoms with Crippen molar-refractivity contribution in [1.82, 2.24) is 9.97 Å². The maximum absolute atomic E-state index is 6.71. The van der Waals surface area contributed by atoms with Crippen LogP contribution in [0.1, 0.15) is 49.9 Å². The van der Waals surface area contributed by atoms with E-state index >= 15 is 0 Å². The first-order valence-electron chi connectivity index (χ1n) is 20.6. The Balaban J connectivity index is 1.21. The van der Waals surface area contributed by atoms with Crippen molar-refractivity contribution in [2.75, 3.05) is 9.80 Å². The summed E-state index contributed by atoms with van der Waals surface area (Å²) in [4.78, 5) is 15.1. The Kier molecular flexibility index (Phi) is 7.22. The van der Waals surface area contributed by atoms with Gasteiger partial charge in [0.2, 0.25) is 11.8 Å². The highest BCUT2D eigenvalue weighted by Gasteiger charge is 2.39. The van der Waals surface area contributed by atoms with Crippen LogP contribution in [0.4, 0.5) is 34.1 Å². The van der Waals surface area contributed by atoms with E-state index in [1.165, 1.54) is 22.3 Å². The fourth-order valence-corrected chi connectivity index (χ4v) is 9.91. The van der Waals surface area contributed by atoms with Gasteiger partial charge in [0.1, 0.15) is 11.0 Å². The summed E-state index contributed by atoms with van der Waals surface area (Å²) in [6.45, 7) is 9.27. The second kappa shape index (κ2) is 12.5. The standard InChI is InChI=1S/C54H40N4O2/c1-53(2)39-17-5-11-23-45(39)57(46-24-12-6-18-40(46)53)33-29-35-36(37(31-33)51-55-43-21-9-15-27-49(43)59-51)30-34(32-38(35)52-56-44-22-10-16-28-50(44)60-52)58-47-25-13-7-19-41(47)54(3,4)42-20-8-14-26-48(42)58/h5-32H,1-4H3. The second-order valence-electron chi connectivity index (χ2n) is 17.0. The Labute approximate surface area is 348 Å². The highest BCUT2D eigenvalue weighted by Crippen LogP contribution is 2.55. The lowest BCUT2D eigenvalue weighted by Crippen LogP contribution is -2.30. The monoisotopic (exact) mass is 776 g/mol. The summed E-state index contributed by atoms with van der Waals surface area (Å²) >= 11 is 0. The summed E-state index contributed by atoms with van der Waals surface area (Å²) in [5.41, 5.74) is 15.9. The molecule has 6 heteroatoms. The molecule has 0 spiro atoms. The van der Waals surface area contributed by atoms with Crippen LogP contribution in [0.2, 0.25) is 0 Å². The molecule has 0 saturated heterocycles. The van der Waals surface area contributed by atoms with E-state index in [-0.39, 0.29) is 10.8 Å². The van der Waals surface area contributed by atoms with Gasteiger partial charge in [-0.25, -0.2) is 9.97 Å². The number of hydrogen-bond donors (Lipinski definition) is 0. The Morgan fingerprint density at radius 3 is 1.05 bits per heavy atom. The lowest BCUT2D eigenvalue weighted by molar-refractivity contribution is 0.619. The normalized spacial score (nSPS) is 14.9. The molecule has 0 unspecified atom stereocenters. The van der Waals surface area contributed by atoms with Crippen molar-refractivity contribution in [2.24, 2.45) is 0 Å². The van der Waals surface area contributed by atoms with Crippen LogP contribution in [0, 0.1) is 0 Å². The molecule has 6 nitrogen and oxygen atoms in total. The molecule has 60 heavy (non-hydrogen) atoms. The summed E-state index contributed by atoms with van der Waals surface area (Å²) in [6.07, 6.45) is 0. The average molecular weight is 777 g/mol. The Bertz CT molecular complexity index is 2980. The molecule has 0 N–H and O–H groups in total. The van der Waals surface area contributed by atoms with E-state index < -0.39 is 0 Å². The van der Waals surface area contributed by atoms with E-state index in [0.717, 1.165) is 78.2 Å². The van der Waals surface area contributed by atoms with Gasteiger partial charge in [-0.3, -0.25) is 0 Å².